The number of unbranched alkanes of at least 4 members (excludes halogenated alkanes) is 3. The van der Waals surface area contributed by atoms with Crippen LogP contribution in [-0.4, -0.2) is 37.6 Å². The third-order valence-corrected chi connectivity index (χ3v) is 2.47. The van der Waals surface area contributed by atoms with Gasteiger partial charge in [0.2, 0.25) is 0 Å². The van der Waals surface area contributed by atoms with Gasteiger partial charge in [0.25, 0.3) is 0 Å². The molecule has 0 bridgehead atoms. The van der Waals surface area contributed by atoms with Gasteiger partial charge in [0.1, 0.15) is 0 Å². The van der Waals surface area contributed by atoms with E-state index in [1.54, 1.807) is 0 Å². The van der Waals surface area contributed by atoms with Gasteiger partial charge in [0.15, 0.2) is 0 Å². The summed E-state index contributed by atoms with van der Waals surface area (Å²) in [4.78, 5) is 2.50. The fourth-order valence-corrected chi connectivity index (χ4v) is 1.65. The molecule has 0 unspecified atom stereocenters. The second-order valence-corrected chi connectivity index (χ2v) is 3.56. The third-order valence-electron chi connectivity index (χ3n) is 2.47. The first-order chi connectivity index (χ1) is 6.43. The highest BCUT2D eigenvalue weighted by atomic mass is 15.2. The Morgan fingerprint density at radius 2 is 1.92 bits per heavy atom. The lowest BCUT2D eigenvalue weighted by Gasteiger charge is -2.26. The van der Waals surface area contributed by atoms with Crippen LogP contribution in [0, 0.1) is 11.3 Å². The van der Waals surface area contributed by atoms with Crippen molar-refractivity contribution in [2.75, 3.05) is 32.7 Å². The van der Waals surface area contributed by atoms with Crippen LogP contribution in [0.5, 0.6) is 0 Å². The van der Waals surface area contributed by atoms with Crippen molar-refractivity contribution < 1.29 is 0 Å². The Morgan fingerprint density at radius 1 is 1.15 bits per heavy atom. The molecule has 0 amide bonds. The minimum Gasteiger partial charge on any atom is -0.314 e. The molecule has 0 aromatic carbocycles. The summed E-state index contributed by atoms with van der Waals surface area (Å²) in [5.41, 5.74) is 0. The van der Waals surface area contributed by atoms with Crippen LogP contribution in [0.25, 0.3) is 0 Å². The van der Waals surface area contributed by atoms with Crippen molar-refractivity contribution in [3.8, 4) is 6.07 Å². The predicted molar refractivity (Wildman–Crippen MR) is 53.4 cm³/mol. The smallest absolute Gasteiger partial charge is 0.0621 e. The minimum atomic E-state index is 0.724. The standard InChI is InChI=1S/C10H19N3/c11-5-3-1-2-4-8-13-9-6-12-7-10-13/h12H,1-4,6-10H2. The molecular formula is C10H19N3. The summed E-state index contributed by atoms with van der Waals surface area (Å²) in [5, 5.41) is 11.7. The zero-order valence-corrected chi connectivity index (χ0v) is 8.26. The van der Waals surface area contributed by atoms with Crippen molar-refractivity contribution in [3.05, 3.63) is 0 Å². The summed E-state index contributed by atoms with van der Waals surface area (Å²) in [7, 11) is 0. The van der Waals surface area contributed by atoms with Gasteiger partial charge in [-0.2, -0.15) is 5.26 Å². The quantitative estimate of drug-likeness (QED) is 0.642. The fraction of sp³-hybridized carbons (Fsp3) is 0.900. The van der Waals surface area contributed by atoms with E-state index < -0.39 is 0 Å². The van der Waals surface area contributed by atoms with Crippen LogP contribution >= 0.6 is 0 Å². The van der Waals surface area contributed by atoms with Crippen LogP contribution in [0.3, 0.4) is 0 Å². The monoisotopic (exact) mass is 181 g/mol. The van der Waals surface area contributed by atoms with Gasteiger partial charge < -0.3 is 10.2 Å². The number of nitriles is 1. The molecule has 3 heteroatoms. The molecule has 1 heterocycles. The van der Waals surface area contributed by atoms with Gasteiger partial charge in [-0.15, -0.1) is 0 Å². The molecule has 1 rings (SSSR count). The molecule has 1 aliphatic rings. The zero-order valence-electron chi connectivity index (χ0n) is 8.26. The summed E-state index contributed by atoms with van der Waals surface area (Å²) >= 11 is 0. The van der Waals surface area contributed by atoms with E-state index in [-0.39, 0.29) is 0 Å². The second kappa shape index (κ2) is 6.88. The maximum absolute atomic E-state index is 8.35. The first-order valence-corrected chi connectivity index (χ1v) is 5.23. The van der Waals surface area contributed by atoms with Gasteiger partial charge in [-0.1, -0.05) is 6.42 Å². The zero-order chi connectivity index (χ0) is 9.36. The summed E-state index contributed by atoms with van der Waals surface area (Å²) in [6, 6.07) is 2.18. The van der Waals surface area contributed by atoms with Crippen LogP contribution in [-0.2, 0) is 0 Å². The second-order valence-electron chi connectivity index (χ2n) is 3.56. The summed E-state index contributed by atoms with van der Waals surface area (Å²) in [6.45, 7) is 5.87. The average Bonchev–Trinajstić information content (AvgIpc) is 2.19. The minimum absolute atomic E-state index is 0.724. The van der Waals surface area contributed by atoms with E-state index in [1.807, 2.05) is 0 Å². The topological polar surface area (TPSA) is 39.1 Å². The Kier molecular flexibility index (Phi) is 5.55. The van der Waals surface area contributed by atoms with Crippen molar-refractivity contribution >= 4 is 0 Å². The van der Waals surface area contributed by atoms with Crippen LogP contribution in [0.2, 0.25) is 0 Å². The highest BCUT2D eigenvalue weighted by Crippen LogP contribution is 2.01. The first-order valence-electron chi connectivity index (χ1n) is 5.23. The van der Waals surface area contributed by atoms with Gasteiger partial charge in [-0.25, -0.2) is 0 Å². The molecule has 74 valence electrons. The van der Waals surface area contributed by atoms with E-state index in [4.69, 9.17) is 5.26 Å². The molecule has 3 nitrogen and oxygen atoms in total. The average molecular weight is 181 g/mol. The predicted octanol–water partition coefficient (Wildman–Crippen LogP) is 0.976. The van der Waals surface area contributed by atoms with Crippen LogP contribution in [0.15, 0.2) is 0 Å². The Morgan fingerprint density at radius 3 is 2.62 bits per heavy atom. The maximum Gasteiger partial charge on any atom is 0.0621 e. The van der Waals surface area contributed by atoms with Crippen molar-refractivity contribution in [3.63, 3.8) is 0 Å². The van der Waals surface area contributed by atoms with E-state index in [1.165, 1.54) is 32.5 Å². The van der Waals surface area contributed by atoms with Gasteiger partial charge in [0, 0.05) is 32.6 Å². The lowest BCUT2D eigenvalue weighted by molar-refractivity contribution is 0.236. The van der Waals surface area contributed by atoms with E-state index in [0.29, 0.717) is 0 Å². The number of nitrogens with zero attached hydrogens (tertiary/aromatic N) is 2. The highest BCUT2D eigenvalue weighted by molar-refractivity contribution is 4.70. The molecule has 0 aromatic heterocycles. The van der Waals surface area contributed by atoms with E-state index >= 15 is 0 Å². The normalized spacial score (nSPS) is 18.4. The van der Waals surface area contributed by atoms with E-state index in [2.05, 4.69) is 16.3 Å². The first kappa shape index (κ1) is 10.5. The van der Waals surface area contributed by atoms with Gasteiger partial charge in [0.05, 0.1) is 6.07 Å². The number of hydrogen-bond donors (Lipinski definition) is 1. The molecule has 0 aliphatic carbocycles. The Hall–Kier alpha value is -0.590. The molecule has 13 heavy (non-hydrogen) atoms. The van der Waals surface area contributed by atoms with Crippen molar-refractivity contribution in [2.24, 2.45) is 0 Å². The summed E-state index contributed by atoms with van der Waals surface area (Å²) < 4.78 is 0. The van der Waals surface area contributed by atoms with Gasteiger partial charge in [-0.05, 0) is 19.4 Å². The van der Waals surface area contributed by atoms with E-state index in [0.717, 1.165) is 25.9 Å². The Bertz CT molecular complexity index is 156. The summed E-state index contributed by atoms with van der Waals surface area (Å²) in [6.07, 6.45) is 4.25. The number of nitrogens with one attached hydrogen (secondary N) is 1. The molecule has 1 N–H and O–H groups in total. The molecular weight excluding hydrogens is 162 g/mol. The summed E-state index contributed by atoms with van der Waals surface area (Å²) in [5.74, 6) is 0. The van der Waals surface area contributed by atoms with Gasteiger partial charge in [-0.3, -0.25) is 0 Å². The van der Waals surface area contributed by atoms with Crippen molar-refractivity contribution in [1.82, 2.24) is 10.2 Å². The van der Waals surface area contributed by atoms with E-state index in [9.17, 15) is 0 Å². The molecule has 1 saturated heterocycles. The van der Waals surface area contributed by atoms with Crippen LogP contribution in [0.4, 0.5) is 0 Å². The number of hydrogen-bond acceptors (Lipinski definition) is 3. The highest BCUT2D eigenvalue weighted by Gasteiger charge is 2.07. The lowest BCUT2D eigenvalue weighted by Crippen LogP contribution is -2.43. The molecule has 0 aromatic rings. The van der Waals surface area contributed by atoms with Gasteiger partial charge >= 0.3 is 0 Å². The molecule has 0 atom stereocenters. The number of rotatable bonds is 5. The number of piperazine rings is 1. The van der Waals surface area contributed by atoms with Crippen molar-refractivity contribution in [2.45, 2.75) is 25.7 Å². The fourth-order valence-electron chi connectivity index (χ4n) is 1.65. The molecule has 1 aliphatic heterocycles. The lowest BCUT2D eigenvalue weighted by atomic mass is 10.2. The van der Waals surface area contributed by atoms with Crippen molar-refractivity contribution in [1.29, 1.82) is 5.26 Å². The molecule has 0 radical (unpaired) electrons. The molecule has 0 saturated carbocycles. The Balaban J connectivity index is 1.90. The SMILES string of the molecule is N#CCCCCCN1CCNCC1. The van der Waals surface area contributed by atoms with Crippen LogP contribution < -0.4 is 5.32 Å². The third kappa shape index (κ3) is 4.87. The largest absolute Gasteiger partial charge is 0.314 e. The maximum atomic E-state index is 8.35. The Labute approximate surface area is 80.7 Å². The molecule has 1 fully saturated rings. The molecule has 0 spiro atoms. The van der Waals surface area contributed by atoms with Crippen LogP contribution in [0.1, 0.15) is 25.7 Å².